The molecule has 4 heteroatoms. The largest absolute Gasteiger partial charge is 0.437 e. The molecule has 0 saturated heterocycles. The van der Waals surface area contributed by atoms with E-state index >= 15 is 0 Å². The summed E-state index contributed by atoms with van der Waals surface area (Å²) < 4.78 is 26.9. The highest BCUT2D eigenvalue weighted by atomic mass is 16.3. The van der Waals surface area contributed by atoms with Crippen molar-refractivity contribution in [1.82, 2.24) is 14.5 Å². The van der Waals surface area contributed by atoms with Crippen LogP contribution >= 0.6 is 0 Å². The van der Waals surface area contributed by atoms with E-state index in [4.69, 9.17) is 17.1 Å². The van der Waals surface area contributed by atoms with Crippen LogP contribution in [0.2, 0.25) is 0 Å². The lowest BCUT2D eigenvalue weighted by Gasteiger charge is -2.18. The molecule has 0 unspecified atom stereocenters. The lowest BCUT2D eigenvalue weighted by Crippen LogP contribution is -2.02. The van der Waals surface area contributed by atoms with Gasteiger partial charge in [0.25, 0.3) is 0 Å². The van der Waals surface area contributed by atoms with Crippen LogP contribution < -0.4 is 0 Å². The van der Waals surface area contributed by atoms with Crippen molar-refractivity contribution in [2.45, 2.75) is 6.37 Å². The van der Waals surface area contributed by atoms with Crippen molar-refractivity contribution in [3.8, 4) is 28.2 Å². The molecule has 230 valence electrons. The van der Waals surface area contributed by atoms with Gasteiger partial charge in [0.2, 0.25) is 5.71 Å². The third kappa shape index (κ3) is 4.45. The lowest BCUT2D eigenvalue weighted by atomic mass is 9.97. The summed E-state index contributed by atoms with van der Waals surface area (Å²) in [7, 11) is 0. The Morgan fingerprint density at radius 1 is 0.531 bits per heavy atom. The minimum atomic E-state index is -1.80. The molecule has 0 spiro atoms. The second kappa shape index (κ2) is 11.0. The van der Waals surface area contributed by atoms with Crippen LogP contribution in [0.5, 0.6) is 0 Å². The van der Waals surface area contributed by atoms with Gasteiger partial charge in [-0.25, -0.2) is 9.97 Å². The Kier molecular flexibility index (Phi) is 5.76. The van der Waals surface area contributed by atoms with E-state index in [0.717, 1.165) is 71.6 Å². The Morgan fingerprint density at radius 3 is 2.06 bits per heavy atom. The van der Waals surface area contributed by atoms with Crippen molar-refractivity contribution in [2.24, 2.45) is 0 Å². The first-order valence-corrected chi connectivity index (χ1v) is 16.4. The zero-order chi connectivity index (χ0) is 34.1. The van der Waals surface area contributed by atoms with Crippen molar-refractivity contribution < 1.29 is 7.16 Å². The fourth-order valence-electron chi connectivity index (χ4n) is 7.16. The maximum Gasteiger partial charge on any atom is 0.227 e. The van der Waals surface area contributed by atoms with Crippen LogP contribution in [0.1, 0.15) is 14.0 Å². The molecule has 0 N–H and O–H groups in total. The zero-order valence-corrected chi connectivity index (χ0v) is 26.3. The van der Waals surface area contributed by atoms with Gasteiger partial charge in [-0.05, 0) is 46.2 Å². The molecule has 0 aliphatic rings. The quantitative estimate of drug-likeness (QED) is 0.190. The highest BCUT2D eigenvalue weighted by Gasteiger charge is 2.24. The van der Waals surface area contributed by atoms with Gasteiger partial charge < -0.3 is 4.42 Å². The zero-order valence-electron chi connectivity index (χ0n) is 28.3. The van der Waals surface area contributed by atoms with Gasteiger partial charge in [-0.1, -0.05) is 140 Å². The third-order valence-electron chi connectivity index (χ3n) is 9.41. The average Bonchev–Trinajstić information content (AvgIpc) is 3.77. The monoisotopic (exact) mass is 629 g/mol. The summed E-state index contributed by atoms with van der Waals surface area (Å²) in [5.74, 6) is 0.749. The first-order valence-electron chi connectivity index (χ1n) is 17.4. The molecule has 4 nitrogen and oxygen atoms in total. The number of aromatic nitrogens is 3. The van der Waals surface area contributed by atoms with Gasteiger partial charge in [0.15, 0.2) is 0 Å². The van der Waals surface area contributed by atoms with E-state index in [1.165, 1.54) is 0 Å². The maximum atomic E-state index is 8.95. The highest BCUT2D eigenvalue weighted by molar-refractivity contribution is 6.11. The number of rotatable bonds is 5. The Labute approximate surface area is 285 Å². The summed E-state index contributed by atoms with van der Waals surface area (Å²) in [6.45, 7) is 0. The number of nitrogens with zero attached hydrogens (tertiary/aromatic N) is 3. The van der Waals surface area contributed by atoms with E-state index in [1.807, 2.05) is 42.5 Å². The van der Waals surface area contributed by atoms with Crippen LogP contribution in [0.15, 0.2) is 168 Å². The summed E-state index contributed by atoms with van der Waals surface area (Å²) in [6.07, 6.45) is -1.80. The standard InChI is InChI=1S/C45H29N3O/c1-3-12-29(13-4-1)28-33-24-26-38-37-20-11-21-39(43(37)49-45(38)46-33)44-47-41-34-18-9-7-16-31(34)23-27-40(41)48(44)42-35-19-10-8-17-32(35)22-25-36(42)30-14-5-2-6-15-30/h1-27H,28H2/i28D2. The maximum absolute atomic E-state index is 8.95. The summed E-state index contributed by atoms with van der Waals surface area (Å²) >= 11 is 0. The summed E-state index contributed by atoms with van der Waals surface area (Å²) in [5.41, 5.74) is 7.83. The van der Waals surface area contributed by atoms with Crippen LogP contribution in [-0.4, -0.2) is 14.5 Å². The van der Waals surface area contributed by atoms with E-state index in [-0.39, 0.29) is 0 Å². The number of furan rings is 1. The number of hydrogen-bond donors (Lipinski definition) is 0. The first kappa shape index (κ1) is 25.6. The van der Waals surface area contributed by atoms with E-state index in [0.29, 0.717) is 22.6 Å². The van der Waals surface area contributed by atoms with Crippen LogP contribution in [-0.2, 0) is 6.37 Å². The highest BCUT2D eigenvalue weighted by Crippen LogP contribution is 2.42. The van der Waals surface area contributed by atoms with Crippen LogP contribution in [0.4, 0.5) is 0 Å². The number of fused-ring (bicyclic) bond motifs is 7. The van der Waals surface area contributed by atoms with Gasteiger partial charge >= 0.3 is 0 Å². The predicted octanol–water partition coefficient (Wildman–Crippen LogP) is 11.6. The van der Waals surface area contributed by atoms with Gasteiger partial charge in [-0.15, -0.1) is 0 Å². The second-order valence-electron chi connectivity index (χ2n) is 12.3. The number of imidazole rings is 1. The van der Waals surface area contributed by atoms with Gasteiger partial charge in [0, 0.05) is 41.9 Å². The minimum Gasteiger partial charge on any atom is -0.437 e. The topological polar surface area (TPSA) is 43.9 Å². The molecule has 49 heavy (non-hydrogen) atoms. The van der Waals surface area contributed by atoms with Gasteiger partial charge in [-0.3, -0.25) is 4.57 Å². The SMILES string of the molecule is [2H]C([2H])(c1ccccc1)c1ccc2c(n1)oc1c(-c3nc4c5ccccc5ccc4n3-c3c(-c4ccccc4)ccc4ccccc34)cccc12. The molecule has 7 aromatic carbocycles. The van der Waals surface area contributed by atoms with E-state index in [2.05, 4.69) is 108 Å². The van der Waals surface area contributed by atoms with E-state index in [1.54, 1.807) is 18.2 Å². The number of para-hydroxylation sites is 1. The molecule has 0 aliphatic heterocycles. The molecule has 0 aliphatic carbocycles. The lowest BCUT2D eigenvalue weighted by molar-refractivity contribution is 0.652. The fraction of sp³-hybridized carbons (Fsp3) is 0.0222. The smallest absolute Gasteiger partial charge is 0.227 e. The Bertz CT molecular complexity index is 2950. The molecule has 0 atom stereocenters. The van der Waals surface area contributed by atoms with Crippen molar-refractivity contribution >= 4 is 54.6 Å². The van der Waals surface area contributed by atoms with Crippen molar-refractivity contribution in [3.05, 3.63) is 175 Å². The van der Waals surface area contributed by atoms with Gasteiger partial charge in [0.05, 0.1) is 22.3 Å². The molecule has 3 aromatic heterocycles. The number of hydrogen-bond acceptors (Lipinski definition) is 3. The minimum absolute atomic E-state index is 0.295. The molecule has 0 fully saturated rings. The Hall–Kier alpha value is -6.52. The normalized spacial score (nSPS) is 12.7. The second-order valence-corrected chi connectivity index (χ2v) is 12.3. The molecule has 0 bridgehead atoms. The third-order valence-corrected chi connectivity index (χ3v) is 9.41. The van der Waals surface area contributed by atoms with Crippen molar-refractivity contribution in [2.75, 3.05) is 0 Å². The molecule has 0 radical (unpaired) electrons. The fourth-order valence-corrected chi connectivity index (χ4v) is 7.16. The average molecular weight is 630 g/mol. The summed E-state index contributed by atoms with van der Waals surface area (Å²) in [6, 6.07) is 55.0. The predicted molar refractivity (Wildman–Crippen MR) is 201 cm³/mol. The van der Waals surface area contributed by atoms with Gasteiger partial charge in [-0.2, -0.15) is 0 Å². The molecular formula is C45H29N3O. The molecule has 3 heterocycles. The number of benzene rings is 7. The van der Waals surface area contributed by atoms with Crippen LogP contribution in [0.25, 0.3) is 82.8 Å². The molecule has 0 saturated carbocycles. The summed E-state index contributed by atoms with van der Waals surface area (Å²) in [4.78, 5) is 10.3. The Morgan fingerprint density at radius 2 is 1.22 bits per heavy atom. The Balaban J connectivity index is 1.29. The van der Waals surface area contributed by atoms with E-state index in [9.17, 15) is 0 Å². The van der Waals surface area contributed by atoms with Crippen molar-refractivity contribution in [1.29, 1.82) is 0 Å². The van der Waals surface area contributed by atoms with Crippen LogP contribution in [0.3, 0.4) is 0 Å². The van der Waals surface area contributed by atoms with Gasteiger partial charge in [0.1, 0.15) is 11.4 Å². The van der Waals surface area contributed by atoms with Crippen LogP contribution in [0, 0.1) is 0 Å². The summed E-state index contributed by atoms with van der Waals surface area (Å²) in [5, 5.41) is 6.15. The van der Waals surface area contributed by atoms with E-state index < -0.39 is 6.37 Å². The molecule has 10 aromatic rings. The number of pyridine rings is 1. The molecular weight excluding hydrogens is 599 g/mol. The molecule has 0 amide bonds. The first-order chi connectivity index (χ1) is 25.1. The molecule has 10 rings (SSSR count). The van der Waals surface area contributed by atoms with Crippen molar-refractivity contribution in [3.63, 3.8) is 0 Å².